The minimum Gasteiger partial charge on any atom is -0.412 e. The first-order valence-corrected chi connectivity index (χ1v) is 3.58. The average molecular weight is 235 g/mol. The third-order valence-corrected chi connectivity index (χ3v) is 1.48. The van der Waals surface area contributed by atoms with Crippen molar-refractivity contribution in [2.75, 3.05) is 0 Å². The summed E-state index contributed by atoms with van der Waals surface area (Å²) in [5.74, 6) is -2.66. The van der Waals surface area contributed by atoms with E-state index in [9.17, 15) is 24.3 Å². The lowest BCUT2D eigenvalue weighted by atomic mass is 10.1. The number of carbonyl (C=O) groups is 4. The Morgan fingerprint density at radius 2 is 1.69 bits per heavy atom. The van der Waals surface area contributed by atoms with E-state index in [2.05, 4.69) is 5.73 Å². The summed E-state index contributed by atoms with van der Waals surface area (Å²) in [5.41, 5.74) is 5.17. The summed E-state index contributed by atoms with van der Waals surface area (Å²) in [4.78, 5) is 43.0. The molecular weight excluding hydrogens is 226 g/mol. The van der Waals surface area contributed by atoms with Crippen LogP contribution in [0.5, 0.6) is 0 Å². The molecule has 11 heteroatoms. The second kappa shape index (κ2) is 4.52. The van der Waals surface area contributed by atoms with Gasteiger partial charge in [-0.15, -0.1) is 0 Å². The lowest BCUT2D eigenvalue weighted by Gasteiger charge is -2.29. The molecular formula is C5H9N5O6. The van der Waals surface area contributed by atoms with Gasteiger partial charge in [-0.2, -0.15) is 5.43 Å². The number of hydrogen-bond donors (Lipinski definition) is 6. The van der Waals surface area contributed by atoms with Gasteiger partial charge in [0.25, 0.3) is 17.5 Å². The van der Waals surface area contributed by atoms with E-state index in [4.69, 9.17) is 0 Å². The number of imide groups is 2. The summed E-state index contributed by atoms with van der Waals surface area (Å²) in [6.07, 6.45) is 0. The molecule has 11 nitrogen and oxygen atoms in total. The maximum absolute atomic E-state index is 11.1. The highest BCUT2D eigenvalue weighted by atomic mass is 16.3. The van der Waals surface area contributed by atoms with E-state index in [0.29, 0.717) is 0 Å². The molecule has 0 aliphatic carbocycles. The number of hydrazine groups is 1. The molecule has 0 spiro atoms. The van der Waals surface area contributed by atoms with Crippen LogP contribution in [-0.2, 0) is 9.59 Å². The van der Waals surface area contributed by atoms with Crippen molar-refractivity contribution < 1.29 is 29.8 Å². The predicted octanol–water partition coefficient (Wildman–Crippen LogP) is -4.61. The van der Waals surface area contributed by atoms with Gasteiger partial charge in [0.2, 0.25) is 0 Å². The van der Waals surface area contributed by atoms with E-state index >= 15 is 0 Å². The number of nitrogens with two attached hydrogens (primary N) is 1. The number of nitrogens with one attached hydrogen (secondary N) is 4. The van der Waals surface area contributed by atoms with Crippen LogP contribution in [0.1, 0.15) is 0 Å². The van der Waals surface area contributed by atoms with E-state index in [1.807, 2.05) is 0 Å². The Kier molecular flexibility index (Phi) is 3.89. The molecule has 6 amide bonds. The van der Waals surface area contributed by atoms with Gasteiger partial charge in [0, 0.05) is 0 Å². The highest BCUT2D eigenvalue weighted by Gasteiger charge is 2.49. The number of hydrogen-bond acceptors (Lipinski definition) is 6. The highest BCUT2D eigenvalue weighted by molar-refractivity contribution is 6.21. The van der Waals surface area contributed by atoms with Crippen LogP contribution < -0.4 is 27.2 Å². The Bertz CT molecular complexity index is 333. The van der Waals surface area contributed by atoms with E-state index in [-0.39, 0.29) is 5.48 Å². The van der Waals surface area contributed by atoms with Crippen molar-refractivity contribution in [3.05, 3.63) is 0 Å². The molecule has 0 saturated carbocycles. The lowest BCUT2D eigenvalue weighted by Crippen LogP contribution is -2.75. The zero-order chi connectivity index (χ0) is 11.6. The molecule has 1 aliphatic rings. The van der Waals surface area contributed by atoms with Crippen LogP contribution in [0, 0.1) is 0 Å². The number of carbonyl (C=O) groups excluding carboxylic acids is 4. The standard InChI is InChI=1S/C5H7N5O5.H2O/c6-3(13)9-10-5(15)1(11)7-4(14)8-2(5)12;/h10,15H,(H3,6,9,13)(H2,7,8,11,12,14);1H2. The van der Waals surface area contributed by atoms with Gasteiger partial charge < -0.3 is 16.3 Å². The first kappa shape index (κ1) is 13.8. The molecule has 1 rings (SSSR count). The SMILES string of the molecule is NC(=O)NNC1(O)C(=O)NC(=O)NC1=O.O. The maximum atomic E-state index is 11.1. The molecule has 0 unspecified atom stereocenters. The van der Waals surface area contributed by atoms with Crippen LogP contribution in [0.4, 0.5) is 9.59 Å². The molecule has 1 heterocycles. The van der Waals surface area contributed by atoms with Gasteiger partial charge in [-0.05, 0) is 0 Å². The molecule has 16 heavy (non-hydrogen) atoms. The lowest BCUT2D eigenvalue weighted by molar-refractivity contribution is -0.159. The first-order valence-electron chi connectivity index (χ1n) is 3.58. The Labute approximate surface area is 87.6 Å². The van der Waals surface area contributed by atoms with E-state index < -0.39 is 29.6 Å². The second-order valence-electron chi connectivity index (χ2n) is 2.56. The summed E-state index contributed by atoms with van der Waals surface area (Å²) in [6, 6.07) is -2.20. The number of urea groups is 2. The van der Waals surface area contributed by atoms with Crippen molar-refractivity contribution in [1.82, 2.24) is 21.5 Å². The highest BCUT2D eigenvalue weighted by Crippen LogP contribution is 2.03. The summed E-state index contributed by atoms with van der Waals surface area (Å²) >= 11 is 0. The second-order valence-corrected chi connectivity index (χ2v) is 2.56. The van der Waals surface area contributed by atoms with Gasteiger partial charge in [0.1, 0.15) is 0 Å². The van der Waals surface area contributed by atoms with Gasteiger partial charge in [-0.3, -0.25) is 25.6 Å². The third-order valence-electron chi connectivity index (χ3n) is 1.48. The Morgan fingerprint density at radius 1 is 1.25 bits per heavy atom. The normalized spacial score (nSPS) is 17.9. The monoisotopic (exact) mass is 235 g/mol. The molecule has 0 aromatic rings. The molecule has 0 atom stereocenters. The third kappa shape index (κ3) is 2.41. The van der Waals surface area contributed by atoms with E-state index in [0.717, 1.165) is 0 Å². The molecule has 0 radical (unpaired) electrons. The molecule has 1 fully saturated rings. The number of barbiturate groups is 1. The number of rotatable bonds is 2. The van der Waals surface area contributed by atoms with Crippen molar-refractivity contribution in [2.45, 2.75) is 5.72 Å². The largest absolute Gasteiger partial charge is 0.412 e. The Morgan fingerprint density at radius 3 is 2.06 bits per heavy atom. The van der Waals surface area contributed by atoms with Crippen LogP contribution in [0.15, 0.2) is 0 Å². The van der Waals surface area contributed by atoms with Crippen molar-refractivity contribution in [3.8, 4) is 0 Å². The Balaban J connectivity index is 0.00000225. The van der Waals surface area contributed by atoms with Crippen molar-refractivity contribution in [1.29, 1.82) is 0 Å². The van der Waals surface area contributed by atoms with E-state index in [1.165, 1.54) is 0 Å². The van der Waals surface area contributed by atoms with Gasteiger partial charge in [-0.25, -0.2) is 9.59 Å². The summed E-state index contributed by atoms with van der Waals surface area (Å²) in [6.45, 7) is 0. The molecule has 0 bridgehead atoms. The average Bonchev–Trinajstić information content (AvgIpc) is 2.11. The van der Waals surface area contributed by atoms with Gasteiger partial charge >= 0.3 is 12.1 Å². The predicted molar refractivity (Wildman–Crippen MR) is 46.1 cm³/mol. The number of primary amides is 1. The molecule has 0 aromatic carbocycles. The van der Waals surface area contributed by atoms with Crippen molar-refractivity contribution in [2.24, 2.45) is 5.73 Å². The maximum Gasteiger partial charge on any atom is 0.328 e. The Hall–Kier alpha value is -2.24. The fourth-order valence-corrected chi connectivity index (χ4v) is 0.787. The van der Waals surface area contributed by atoms with Crippen LogP contribution in [0.3, 0.4) is 0 Å². The summed E-state index contributed by atoms with van der Waals surface area (Å²) in [5, 5.41) is 12.6. The van der Waals surface area contributed by atoms with Crippen molar-refractivity contribution >= 4 is 23.9 Å². The zero-order valence-corrected chi connectivity index (χ0v) is 7.66. The molecule has 90 valence electrons. The molecule has 9 N–H and O–H groups in total. The van der Waals surface area contributed by atoms with Crippen LogP contribution in [0.25, 0.3) is 0 Å². The van der Waals surface area contributed by atoms with Gasteiger partial charge in [0.05, 0.1) is 0 Å². The topological polar surface area (TPSA) is 194 Å². The summed E-state index contributed by atoms with van der Waals surface area (Å²) in [7, 11) is 0. The summed E-state index contributed by atoms with van der Waals surface area (Å²) < 4.78 is 0. The minimum absolute atomic E-state index is 0. The first-order chi connectivity index (χ1) is 6.86. The number of aliphatic hydroxyl groups is 1. The molecule has 0 aromatic heterocycles. The molecule has 1 saturated heterocycles. The smallest absolute Gasteiger partial charge is 0.328 e. The van der Waals surface area contributed by atoms with E-state index in [1.54, 1.807) is 21.5 Å². The molecule has 1 aliphatic heterocycles. The minimum atomic E-state index is -2.77. The van der Waals surface area contributed by atoms with Crippen molar-refractivity contribution in [3.63, 3.8) is 0 Å². The fourth-order valence-electron chi connectivity index (χ4n) is 0.787. The van der Waals surface area contributed by atoms with Gasteiger partial charge in [-0.1, -0.05) is 0 Å². The van der Waals surface area contributed by atoms with Crippen LogP contribution in [0.2, 0.25) is 0 Å². The zero-order valence-electron chi connectivity index (χ0n) is 7.66. The van der Waals surface area contributed by atoms with Crippen LogP contribution in [-0.4, -0.2) is 40.2 Å². The number of amides is 6. The van der Waals surface area contributed by atoms with Gasteiger partial charge in [0.15, 0.2) is 0 Å². The quantitative estimate of drug-likeness (QED) is 0.158. The van der Waals surface area contributed by atoms with Crippen LogP contribution >= 0.6 is 0 Å². The fraction of sp³-hybridized carbons (Fsp3) is 0.200.